The van der Waals surface area contributed by atoms with Crippen LogP contribution in [0.4, 0.5) is 0 Å². The average molecular weight is 325 g/mol. The molecule has 1 saturated heterocycles. The maximum Gasteiger partial charge on any atom is 0.0589 e. The van der Waals surface area contributed by atoms with Gasteiger partial charge in [-0.2, -0.15) is 0 Å². The summed E-state index contributed by atoms with van der Waals surface area (Å²) in [7, 11) is 0. The molecule has 0 spiro atoms. The van der Waals surface area contributed by atoms with Gasteiger partial charge in [-0.3, -0.25) is 0 Å². The molecule has 0 aliphatic carbocycles. The topological polar surface area (TPSA) is 9.23 Å². The van der Waals surface area contributed by atoms with Crippen LogP contribution < -0.4 is 0 Å². The summed E-state index contributed by atoms with van der Waals surface area (Å²) in [6.07, 6.45) is 3.95. The quantitative estimate of drug-likeness (QED) is 0.691. The summed E-state index contributed by atoms with van der Waals surface area (Å²) >= 11 is 3.91. The van der Waals surface area contributed by atoms with E-state index >= 15 is 0 Å². The van der Waals surface area contributed by atoms with E-state index in [0.29, 0.717) is 10.9 Å². The Hall–Kier alpha value is -0.340. The normalized spacial score (nSPS) is 20.8. The lowest BCUT2D eigenvalue weighted by molar-refractivity contribution is 0.104. The highest BCUT2D eigenvalue weighted by Gasteiger charge is 2.24. The van der Waals surface area contributed by atoms with Gasteiger partial charge in [0.1, 0.15) is 0 Å². The lowest BCUT2D eigenvalue weighted by Gasteiger charge is -2.23. The Bertz CT molecular complexity index is 444. The van der Waals surface area contributed by atoms with E-state index in [4.69, 9.17) is 4.74 Å². The molecule has 1 aromatic rings. The van der Waals surface area contributed by atoms with E-state index in [9.17, 15) is 0 Å². The van der Waals surface area contributed by atoms with Gasteiger partial charge in [0.05, 0.1) is 6.10 Å². The van der Waals surface area contributed by atoms with Crippen molar-refractivity contribution in [3.63, 3.8) is 0 Å². The fourth-order valence-corrected chi connectivity index (χ4v) is 4.28. The summed E-state index contributed by atoms with van der Waals surface area (Å²) in [5.41, 5.74) is 8.69. The van der Waals surface area contributed by atoms with E-state index in [2.05, 4.69) is 50.5 Å². The molecule has 1 aliphatic heterocycles. The zero-order valence-corrected chi connectivity index (χ0v) is 14.4. The average Bonchev–Trinajstić information content (AvgIpc) is 2.87. The maximum atomic E-state index is 5.78. The van der Waals surface area contributed by atoms with E-state index in [1.54, 1.807) is 0 Å². The fraction of sp³-hybridized carbons (Fsp3) is 0.647. The van der Waals surface area contributed by atoms with Crippen molar-refractivity contribution in [3.8, 4) is 0 Å². The minimum atomic E-state index is 0.411. The smallest absolute Gasteiger partial charge is 0.0589 e. The van der Waals surface area contributed by atoms with Gasteiger partial charge < -0.3 is 4.74 Å². The Morgan fingerprint density at radius 3 is 2.00 bits per heavy atom. The second-order valence-electron chi connectivity index (χ2n) is 5.88. The first kappa shape index (κ1) is 15.1. The standard InChI is InChI=1S/C17H25BrO/c1-10-11(2)13(4)17(14(5)12(10)3)16(18)9-15-7-6-8-19-15/h15-16H,6-9H2,1-5H3. The summed E-state index contributed by atoms with van der Waals surface area (Å²) in [6, 6.07) is 0. The van der Waals surface area contributed by atoms with Crippen LogP contribution in [-0.4, -0.2) is 12.7 Å². The molecule has 1 aromatic carbocycles. The minimum Gasteiger partial charge on any atom is -0.378 e. The molecular formula is C17H25BrO. The van der Waals surface area contributed by atoms with Crippen molar-refractivity contribution >= 4 is 15.9 Å². The van der Waals surface area contributed by atoms with Crippen molar-refractivity contribution < 1.29 is 4.74 Å². The number of hydrogen-bond donors (Lipinski definition) is 0. The van der Waals surface area contributed by atoms with Gasteiger partial charge in [0.2, 0.25) is 0 Å². The summed E-state index contributed by atoms with van der Waals surface area (Å²) in [5, 5.41) is 0. The lowest BCUT2D eigenvalue weighted by atomic mass is 9.87. The van der Waals surface area contributed by atoms with Gasteiger partial charge in [-0.15, -0.1) is 0 Å². The molecular weight excluding hydrogens is 300 g/mol. The number of rotatable bonds is 3. The third kappa shape index (κ3) is 2.90. The monoisotopic (exact) mass is 324 g/mol. The predicted octanol–water partition coefficient (Wildman–Crippen LogP) is 5.23. The molecule has 2 rings (SSSR count). The van der Waals surface area contributed by atoms with Gasteiger partial charge in [0, 0.05) is 11.4 Å². The molecule has 19 heavy (non-hydrogen) atoms. The van der Waals surface area contributed by atoms with Crippen molar-refractivity contribution in [2.75, 3.05) is 6.61 Å². The highest BCUT2D eigenvalue weighted by atomic mass is 79.9. The van der Waals surface area contributed by atoms with Crippen LogP contribution in [0.15, 0.2) is 0 Å². The van der Waals surface area contributed by atoms with Crippen molar-refractivity contribution in [2.24, 2.45) is 0 Å². The highest BCUT2D eigenvalue weighted by Crippen LogP contribution is 2.38. The number of benzene rings is 1. The third-order valence-corrected chi connectivity index (χ3v) is 5.70. The number of alkyl halides is 1. The first-order chi connectivity index (χ1) is 8.93. The van der Waals surface area contributed by atoms with Crippen LogP contribution in [0.1, 0.15) is 57.5 Å². The second kappa shape index (κ2) is 5.97. The summed E-state index contributed by atoms with van der Waals surface area (Å²) in [5.74, 6) is 0. The fourth-order valence-electron chi connectivity index (χ4n) is 3.18. The Morgan fingerprint density at radius 1 is 1.00 bits per heavy atom. The molecule has 0 aromatic heterocycles. The molecule has 106 valence electrons. The van der Waals surface area contributed by atoms with E-state index in [1.807, 2.05) is 0 Å². The van der Waals surface area contributed by atoms with Gasteiger partial charge in [0.25, 0.3) is 0 Å². The third-order valence-electron chi connectivity index (χ3n) is 4.87. The minimum absolute atomic E-state index is 0.411. The zero-order valence-electron chi connectivity index (χ0n) is 12.8. The molecule has 2 atom stereocenters. The van der Waals surface area contributed by atoms with Crippen LogP contribution in [-0.2, 0) is 4.74 Å². The van der Waals surface area contributed by atoms with Crippen LogP contribution in [0.5, 0.6) is 0 Å². The SMILES string of the molecule is Cc1c(C)c(C)c(C(Br)CC2CCCO2)c(C)c1C. The zero-order chi connectivity index (χ0) is 14.2. The summed E-state index contributed by atoms with van der Waals surface area (Å²) in [4.78, 5) is 0.411. The van der Waals surface area contributed by atoms with Crippen LogP contribution in [0.3, 0.4) is 0 Å². The second-order valence-corrected chi connectivity index (χ2v) is 6.98. The van der Waals surface area contributed by atoms with Crippen LogP contribution in [0.25, 0.3) is 0 Å². The van der Waals surface area contributed by atoms with E-state index < -0.39 is 0 Å². The molecule has 1 heterocycles. The molecule has 0 bridgehead atoms. The van der Waals surface area contributed by atoms with E-state index in [0.717, 1.165) is 13.0 Å². The van der Waals surface area contributed by atoms with Gasteiger partial charge in [-0.25, -0.2) is 0 Å². The molecule has 0 amide bonds. The number of ether oxygens (including phenoxy) is 1. The first-order valence-electron chi connectivity index (χ1n) is 7.26. The highest BCUT2D eigenvalue weighted by molar-refractivity contribution is 9.09. The Balaban J connectivity index is 2.32. The molecule has 1 nitrogen and oxygen atoms in total. The van der Waals surface area contributed by atoms with Crippen molar-refractivity contribution in [3.05, 3.63) is 33.4 Å². The van der Waals surface area contributed by atoms with Gasteiger partial charge >= 0.3 is 0 Å². The van der Waals surface area contributed by atoms with E-state index in [1.165, 1.54) is 46.2 Å². The molecule has 0 N–H and O–H groups in total. The molecule has 2 heteroatoms. The Kier molecular flexibility index (Phi) is 4.73. The number of halogens is 1. The Morgan fingerprint density at radius 2 is 1.53 bits per heavy atom. The molecule has 1 fully saturated rings. The van der Waals surface area contributed by atoms with Crippen molar-refractivity contribution in [2.45, 2.75) is 64.8 Å². The van der Waals surface area contributed by atoms with Crippen LogP contribution >= 0.6 is 15.9 Å². The van der Waals surface area contributed by atoms with Gasteiger partial charge in [-0.1, -0.05) is 15.9 Å². The van der Waals surface area contributed by atoms with Crippen molar-refractivity contribution in [1.82, 2.24) is 0 Å². The first-order valence-corrected chi connectivity index (χ1v) is 8.17. The van der Waals surface area contributed by atoms with Gasteiger partial charge in [-0.05, 0) is 87.3 Å². The van der Waals surface area contributed by atoms with Crippen molar-refractivity contribution in [1.29, 1.82) is 0 Å². The predicted molar refractivity (Wildman–Crippen MR) is 85.4 cm³/mol. The summed E-state index contributed by atoms with van der Waals surface area (Å²) in [6.45, 7) is 12.2. The van der Waals surface area contributed by atoms with Gasteiger partial charge in [0.15, 0.2) is 0 Å². The van der Waals surface area contributed by atoms with Crippen LogP contribution in [0, 0.1) is 34.6 Å². The largest absolute Gasteiger partial charge is 0.378 e. The lowest BCUT2D eigenvalue weighted by Crippen LogP contribution is -2.11. The summed E-state index contributed by atoms with van der Waals surface area (Å²) < 4.78 is 5.78. The molecule has 1 aliphatic rings. The maximum absolute atomic E-state index is 5.78. The van der Waals surface area contributed by atoms with E-state index in [-0.39, 0.29) is 0 Å². The number of hydrogen-bond acceptors (Lipinski definition) is 1. The molecule has 0 saturated carbocycles. The Labute approximate surface area is 125 Å². The molecule has 0 radical (unpaired) electrons. The van der Waals surface area contributed by atoms with Crippen LogP contribution in [0.2, 0.25) is 0 Å². The molecule has 2 unspecified atom stereocenters.